The first-order valence-electron chi connectivity index (χ1n) is 9.96. The topological polar surface area (TPSA) is 92.8 Å². The van der Waals surface area contributed by atoms with E-state index in [1.807, 2.05) is 39.0 Å². The summed E-state index contributed by atoms with van der Waals surface area (Å²) in [6.07, 6.45) is 2.09. The van der Waals surface area contributed by atoms with Crippen LogP contribution in [0.1, 0.15) is 52.4 Å². The third-order valence-electron chi connectivity index (χ3n) is 5.26. The standard InChI is InChI=1S/C21H26ClN5O2S/c1-13(2)21(4,12-23)24-19(28)14(3)30-20-26-25-18(27(20)15-9-10-15)11-29-17-8-6-5-7-16(17)22/h5-8,13-15H,9-11H2,1-4H3,(H,24,28). The van der Waals surface area contributed by atoms with Crippen LogP contribution in [0.25, 0.3) is 0 Å². The van der Waals surface area contributed by atoms with E-state index in [1.165, 1.54) is 11.8 Å². The summed E-state index contributed by atoms with van der Waals surface area (Å²) < 4.78 is 7.89. The minimum absolute atomic E-state index is 0.00710. The first-order valence-corrected chi connectivity index (χ1v) is 11.2. The van der Waals surface area contributed by atoms with Crippen molar-refractivity contribution in [2.75, 3.05) is 0 Å². The van der Waals surface area contributed by atoms with Gasteiger partial charge in [-0.2, -0.15) is 5.26 Å². The highest BCUT2D eigenvalue weighted by Crippen LogP contribution is 2.40. The van der Waals surface area contributed by atoms with Gasteiger partial charge in [-0.25, -0.2) is 0 Å². The van der Waals surface area contributed by atoms with Gasteiger partial charge in [0.05, 0.1) is 16.3 Å². The predicted octanol–water partition coefficient (Wildman–Crippen LogP) is 4.38. The molecule has 1 amide bonds. The van der Waals surface area contributed by atoms with Crippen LogP contribution in [0.15, 0.2) is 29.4 Å². The van der Waals surface area contributed by atoms with Gasteiger partial charge in [0.15, 0.2) is 11.0 Å². The Labute approximate surface area is 186 Å². The third kappa shape index (κ3) is 5.08. The van der Waals surface area contributed by atoms with E-state index in [0.29, 0.717) is 27.8 Å². The van der Waals surface area contributed by atoms with E-state index in [9.17, 15) is 10.1 Å². The van der Waals surface area contributed by atoms with Crippen LogP contribution in [0, 0.1) is 17.2 Å². The summed E-state index contributed by atoms with van der Waals surface area (Å²) in [4.78, 5) is 12.7. The number of nitrogens with zero attached hydrogens (tertiary/aromatic N) is 4. The van der Waals surface area contributed by atoms with Crippen LogP contribution in [0.4, 0.5) is 0 Å². The van der Waals surface area contributed by atoms with Crippen LogP contribution < -0.4 is 10.1 Å². The molecule has 2 aromatic rings. The molecule has 1 aromatic heterocycles. The number of halogens is 1. The van der Waals surface area contributed by atoms with Crippen LogP contribution in [-0.2, 0) is 11.4 Å². The number of amides is 1. The number of hydrogen-bond donors (Lipinski definition) is 1. The zero-order chi connectivity index (χ0) is 21.9. The van der Waals surface area contributed by atoms with Crippen molar-refractivity contribution in [2.24, 2.45) is 5.92 Å². The minimum Gasteiger partial charge on any atom is -0.484 e. The molecule has 160 valence electrons. The number of ether oxygens (including phenoxy) is 1. The molecule has 0 spiro atoms. The number of benzene rings is 1. The molecular weight excluding hydrogens is 422 g/mol. The number of thioether (sulfide) groups is 1. The van der Waals surface area contributed by atoms with Gasteiger partial charge in [0.2, 0.25) is 5.91 Å². The monoisotopic (exact) mass is 447 g/mol. The summed E-state index contributed by atoms with van der Waals surface area (Å²) in [5, 5.41) is 21.7. The smallest absolute Gasteiger partial charge is 0.234 e. The normalized spacial score (nSPS) is 16.6. The number of para-hydroxylation sites is 1. The maximum atomic E-state index is 12.7. The highest BCUT2D eigenvalue weighted by atomic mass is 35.5. The molecule has 1 saturated carbocycles. The molecule has 2 atom stereocenters. The average Bonchev–Trinajstić information content (AvgIpc) is 3.48. The van der Waals surface area contributed by atoms with Gasteiger partial charge in [0, 0.05) is 6.04 Å². The van der Waals surface area contributed by atoms with Gasteiger partial charge in [-0.15, -0.1) is 10.2 Å². The molecular formula is C21H26ClN5O2S. The van der Waals surface area contributed by atoms with E-state index >= 15 is 0 Å². The fraction of sp³-hybridized carbons (Fsp3) is 0.524. The number of nitrogens with one attached hydrogen (secondary N) is 1. The Kier molecular flexibility index (Phi) is 6.94. The van der Waals surface area contributed by atoms with Crippen LogP contribution in [0.5, 0.6) is 5.75 Å². The van der Waals surface area contributed by atoms with Crippen molar-refractivity contribution in [3.8, 4) is 11.8 Å². The molecule has 3 rings (SSSR count). The van der Waals surface area contributed by atoms with Crippen molar-refractivity contribution in [1.82, 2.24) is 20.1 Å². The maximum absolute atomic E-state index is 12.7. The fourth-order valence-electron chi connectivity index (χ4n) is 2.76. The lowest BCUT2D eigenvalue weighted by Crippen LogP contribution is -2.51. The van der Waals surface area contributed by atoms with Crippen molar-refractivity contribution in [3.63, 3.8) is 0 Å². The van der Waals surface area contributed by atoms with Gasteiger partial charge in [0.25, 0.3) is 0 Å². The summed E-state index contributed by atoms with van der Waals surface area (Å²) in [7, 11) is 0. The molecule has 9 heteroatoms. The highest BCUT2D eigenvalue weighted by Gasteiger charge is 2.34. The third-order valence-corrected chi connectivity index (χ3v) is 6.63. The summed E-state index contributed by atoms with van der Waals surface area (Å²) in [6, 6.07) is 9.82. The first kappa shape index (κ1) is 22.4. The molecule has 30 heavy (non-hydrogen) atoms. The summed E-state index contributed by atoms with van der Waals surface area (Å²) in [6.45, 7) is 7.62. The van der Waals surface area contributed by atoms with E-state index in [0.717, 1.165) is 12.8 Å². The van der Waals surface area contributed by atoms with Crippen molar-refractivity contribution < 1.29 is 9.53 Å². The lowest BCUT2D eigenvalue weighted by Gasteiger charge is -2.28. The second-order valence-corrected chi connectivity index (χ2v) is 9.65. The Morgan fingerprint density at radius 2 is 2.10 bits per heavy atom. The summed E-state index contributed by atoms with van der Waals surface area (Å²) in [5.74, 6) is 1.09. The highest BCUT2D eigenvalue weighted by molar-refractivity contribution is 8.00. The van der Waals surface area contributed by atoms with Crippen molar-refractivity contribution in [2.45, 2.75) is 69.1 Å². The molecule has 7 nitrogen and oxygen atoms in total. The minimum atomic E-state index is -0.913. The Morgan fingerprint density at radius 1 is 1.40 bits per heavy atom. The van der Waals surface area contributed by atoms with Crippen molar-refractivity contribution >= 4 is 29.3 Å². The van der Waals surface area contributed by atoms with E-state index in [1.54, 1.807) is 13.0 Å². The Morgan fingerprint density at radius 3 is 2.70 bits per heavy atom. The maximum Gasteiger partial charge on any atom is 0.234 e. The SMILES string of the molecule is CC(Sc1nnc(COc2ccccc2Cl)n1C1CC1)C(=O)NC(C)(C#N)C(C)C. The second-order valence-electron chi connectivity index (χ2n) is 7.94. The quantitative estimate of drug-likeness (QED) is 0.573. The first-order chi connectivity index (χ1) is 14.2. The predicted molar refractivity (Wildman–Crippen MR) is 116 cm³/mol. The molecule has 0 bridgehead atoms. The van der Waals surface area contributed by atoms with E-state index < -0.39 is 10.8 Å². The number of carbonyl (C=O) groups is 1. The molecule has 2 unspecified atom stereocenters. The zero-order valence-corrected chi connectivity index (χ0v) is 19.1. The zero-order valence-electron chi connectivity index (χ0n) is 17.6. The molecule has 1 N–H and O–H groups in total. The van der Waals surface area contributed by atoms with Crippen LogP contribution in [-0.4, -0.2) is 31.5 Å². The number of hydrogen-bond acceptors (Lipinski definition) is 6. The largest absolute Gasteiger partial charge is 0.484 e. The molecule has 0 radical (unpaired) electrons. The van der Waals surface area contributed by atoms with E-state index in [2.05, 4.69) is 26.2 Å². The summed E-state index contributed by atoms with van der Waals surface area (Å²) >= 11 is 7.50. The molecule has 0 saturated heterocycles. The lowest BCUT2D eigenvalue weighted by molar-refractivity contribution is -0.121. The number of aromatic nitrogens is 3. The van der Waals surface area contributed by atoms with Gasteiger partial charge in [-0.1, -0.05) is 49.3 Å². The average molecular weight is 448 g/mol. The van der Waals surface area contributed by atoms with Gasteiger partial charge >= 0.3 is 0 Å². The molecule has 1 heterocycles. The van der Waals surface area contributed by atoms with E-state index in [-0.39, 0.29) is 18.4 Å². The molecule has 1 fully saturated rings. The van der Waals surface area contributed by atoms with Gasteiger partial charge in [-0.3, -0.25) is 9.36 Å². The van der Waals surface area contributed by atoms with Gasteiger partial charge in [0.1, 0.15) is 17.9 Å². The van der Waals surface area contributed by atoms with Crippen LogP contribution >= 0.6 is 23.4 Å². The van der Waals surface area contributed by atoms with Crippen molar-refractivity contribution in [3.05, 3.63) is 35.1 Å². The van der Waals surface area contributed by atoms with Crippen LogP contribution in [0.3, 0.4) is 0 Å². The fourth-order valence-corrected chi connectivity index (χ4v) is 3.89. The second kappa shape index (κ2) is 9.27. The van der Waals surface area contributed by atoms with Gasteiger partial charge < -0.3 is 10.1 Å². The molecule has 1 aromatic carbocycles. The Bertz CT molecular complexity index is 953. The number of rotatable bonds is 9. The van der Waals surface area contributed by atoms with Crippen molar-refractivity contribution in [1.29, 1.82) is 5.26 Å². The summed E-state index contributed by atoms with van der Waals surface area (Å²) in [5.41, 5.74) is -0.913. The van der Waals surface area contributed by atoms with Gasteiger partial charge in [-0.05, 0) is 44.7 Å². The lowest BCUT2D eigenvalue weighted by atomic mass is 9.90. The Balaban J connectivity index is 1.70. The molecule has 1 aliphatic rings. The van der Waals surface area contributed by atoms with Crippen LogP contribution in [0.2, 0.25) is 5.02 Å². The molecule has 1 aliphatic carbocycles. The van der Waals surface area contributed by atoms with E-state index in [4.69, 9.17) is 16.3 Å². The Hall–Kier alpha value is -2.24. The number of nitriles is 1. The number of carbonyl (C=O) groups excluding carboxylic acids is 1. The molecule has 0 aliphatic heterocycles.